The highest BCUT2D eigenvalue weighted by Gasteiger charge is 2.18. The van der Waals surface area contributed by atoms with Gasteiger partial charge in [0.15, 0.2) is 0 Å². The first-order valence-electron chi connectivity index (χ1n) is 8.27. The first-order chi connectivity index (χ1) is 12.1. The Bertz CT molecular complexity index is 1080. The number of aromatic nitrogens is 1. The molecule has 1 unspecified atom stereocenters. The lowest BCUT2D eigenvalue weighted by molar-refractivity contribution is 0.0936. The van der Waals surface area contributed by atoms with E-state index in [0.717, 1.165) is 27.7 Å². The largest absolute Gasteiger partial charge is 0.464 e. The Kier molecular flexibility index (Phi) is 3.73. The van der Waals surface area contributed by atoms with Crippen LogP contribution in [0.3, 0.4) is 0 Å². The molecule has 0 saturated heterocycles. The number of rotatable bonds is 3. The third-order valence-electron chi connectivity index (χ3n) is 4.39. The zero-order valence-electron chi connectivity index (χ0n) is 14.1. The molecule has 1 atom stereocenters. The molecule has 4 aromatic rings. The third-order valence-corrected chi connectivity index (χ3v) is 4.39. The van der Waals surface area contributed by atoms with Gasteiger partial charge in [0.2, 0.25) is 0 Å². The molecule has 2 heterocycles. The van der Waals surface area contributed by atoms with Crippen molar-refractivity contribution in [1.82, 2.24) is 10.3 Å². The highest BCUT2D eigenvalue weighted by atomic mass is 16.3. The number of hydrogen-bond donors (Lipinski definition) is 1. The van der Waals surface area contributed by atoms with Crippen LogP contribution in [0, 0.1) is 6.92 Å². The van der Waals surface area contributed by atoms with Gasteiger partial charge < -0.3 is 9.73 Å². The van der Waals surface area contributed by atoms with Crippen LogP contribution in [-0.2, 0) is 0 Å². The standard InChI is InChI=1S/C21H18N2O2/c1-13-9-10-19(25-13)14(2)23-21(24)18-12-15-6-3-4-7-16(15)17-8-5-11-22-20(17)18/h3-12,14H,1-2H3,(H,23,24). The highest BCUT2D eigenvalue weighted by Crippen LogP contribution is 2.27. The predicted octanol–water partition coefficient (Wildman–Crippen LogP) is 4.78. The van der Waals surface area contributed by atoms with Crippen LogP contribution in [0.15, 0.2) is 65.2 Å². The summed E-state index contributed by atoms with van der Waals surface area (Å²) in [5, 5.41) is 6.11. The zero-order chi connectivity index (χ0) is 17.4. The van der Waals surface area contributed by atoms with Gasteiger partial charge in [-0.15, -0.1) is 0 Å². The maximum atomic E-state index is 12.9. The van der Waals surface area contributed by atoms with Crippen LogP contribution in [0.2, 0.25) is 0 Å². The van der Waals surface area contributed by atoms with Gasteiger partial charge in [0.25, 0.3) is 5.91 Å². The fraction of sp³-hybridized carbons (Fsp3) is 0.143. The number of amides is 1. The molecule has 0 aliphatic heterocycles. The quantitative estimate of drug-likeness (QED) is 0.550. The molecular formula is C21H18N2O2. The van der Waals surface area contributed by atoms with Crippen LogP contribution in [0.4, 0.5) is 0 Å². The van der Waals surface area contributed by atoms with E-state index in [-0.39, 0.29) is 11.9 Å². The molecule has 4 heteroatoms. The first-order valence-corrected chi connectivity index (χ1v) is 8.27. The molecule has 0 aliphatic rings. The van der Waals surface area contributed by atoms with Gasteiger partial charge in [-0.25, -0.2) is 0 Å². The molecule has 1 N–H and O–H groups in total. The molecular weight excluding hydrogens is 312 g/mol. The normalized spacial score (nSPS) is 12.4. The Hall–Kier alpha value is -3.14. The molecule has 0 aliphatic carbocycles. The van der Waals surface area contributed by atoms with Gasteiger partial charge in [-0.2, -0.15) is 0 Å². The number of carbonyl (C=O) groups is 1. The number of benzene rings is 2. The van der Waals surface area contributed by atoms with Crippen LogP contribution in [0.25, 0.3) is 21.7 Å². The summed E-state index contributed by atoms with van der Waals surface area (Å²) in [6.07, 6.45) is 1.72. The number of fused-ring (bicyclic) bond motifs is 3. The summed E-state index contributed by atoms with van der Waals surface area (Å²) in [5.74, 6) is 1.41. The van der Waals surface area contributed by atoms with E-state index in [1.165, 1.54) is 0 Å². The average molecular weight is 330 g/mol. The van der Waals surface area contributed by atoms with Crippen LogP contribution < -0.4 is 5.32 Å². The maximum Gasteiger partial charge on any atom is 0.254 e. The summed E-state index contributed by atoms with van der Waals surface area (Å²) < 4.78 is 5.61. The van der Waals surface area contributed by atoms with Crippen LogP contribution >= 0.6 is 0 Å². The van der Waals surface area contributed by atoms with Gasteiger partial charge in [0, 0.05) is 11.6 Å². The van der Waals surface area contributed by atoms with Gasteiger partial charge in [-0.3, -0.25) is 9.78 Å². The molecule has 4 rings (SSSR count). The lowest BCUT2D eigenvalue weighted by atomic mass is 10.00. The molecule has 25 heavy (non-hydrogen) atoms. The van der Waals surface area contributed by atoms with Crippen molar-refractivity contribution >= 4 is 27.6 Å². The Morgan fingerprint density at radius 1 is 1.08 bits per heavy atom. The Labute approximate surface area is 145 Å². The minimum absolute atomic E-state index is 0.156. The highest BCUT2D eigenvalue weighted by molar-refractivity contribution is 6.15. The van der Waals surface area contributed by atoms with E-state index >= 15 is 0 Å². The van der Waals surface area contributed by atoms with E-state index in [9.17, 15) is 4.79 Å². The number of hydrogen-bond acceptors (Lipinski definition) is 3. The summed E-state index contributed by atoms with van der Waals surface area (Å²) in [6.45, 7) is 3.80. The predicted molar refractivity (Wildman–Crippen MR) is 98.6 cm³/mol. The van der Waals surface area contributed by atoms with Crippen LogP contribution in [0.5, 0.6) is 0 Å². The fourth-order valence-electron chi connectivity index (χ4n) is 3.13. The number of carbonyl (C=O) groups excluding carboxylic acids is 1. The second-order valence-electron chi connectivity index (χ2n) is 6.19. The summed E-state index contributed by atoms with van der Waals surface area (Å²) in [7, 11) is 0. The summed E-state index contributed by atoms with van der Waals surface area (Å²) in [4.78, 5) is 17.4. The zero-order valence-corrected chi connectivity index (χ0v) is 14.1. The van der Waals surface area contributed by atoms with Gasteiger partial charge in [0.1, 0.15) is 11.5 Å². The van der Waals surface area contributed by atoms with E-state index in [2.05, 4.69) is 16.4 Å². The molecule has 0 fully saturated rings. The van der Waals surface area contributed by atoms with E-state index in [4.69, 9.17) is 4.42 Å². The van der Waals surface area contributed by atoms with Crippen molar-refractivity contribution in [3.8, 4) is 0 Å². The lowest BCUT2D eigenvalue weighted by Crippen LogP contribution is -2.26. The summed E-state index contributed by atoms with van der Waals surface area (Å²) >= 11 is 0. The van der Waals surface area contributed by atoms with E-state index in [0.29, 0.717) is 11.1 Å². The van der Waals surface area contributed by atoms with Crippen molar-refractivity contribution < 1.29 is 9.21 Å². The van der Waals surface area contributed by atoms with E-state index in [1.807, 2.05) is 62.4 Å². The smallest absolute Gasteiger partial charge is 0.254 e. The van der Waals surface area contributed by atoms with Crippen molar-refractivity contribution in [3.63, 3.8) is 0 Å². The van der Waals surface area contributed by atoms with Gasteiger partial charge in [0.05, 0.1) is 17.1 Å². The van der Waals surface area contributed by atoms with E-state index < -0.39 is 0 Å². The van der Waals surface area contributed by atoms with E-state index in [1.54, 1.807) is 6.20 Å². The second-order valence-corrected chi connectivity index (χ2v) is 6.19. The topological polar surface area (TPSA) is 55.1 Å². The molecule has 2 aromatic heterocycles. The molecule has 1 amide bonds. The van der Waals surface area contributed by atoms with Crippen molar-refractivity contribution in [2.24, 2.45) is 0 Å². The lowest BCUT2D eigenvalue weighted by Gasteiger charge is -2.14. The van der Waals surface area contributed by atoms with Gasteiger partial charge in [-0.05, 0) is 48.9 Å². The molecule has 0 saturated carbocycles. The Balaban J connectivity index is 1.78. The SMILES string of the molecule is Cc1ccc(C(C)NC(=O)c2cc3ccccc3c3cccnc23)o1. The Morgan fingerprint density at radius 2 is 1.88 bits per heavy atom. The van der Waals surface area contributed by atoms with Gasteiger partial charge >= 0.3 is 0 Å². The number of nitrogens with zero attached hydrogens (tertiary/aromatic N) is 1. The van der Waals surface area contributed by atoms with Crippen molar-refractivity contribution in [1.29, 1.82) is 0 Å². The molecule has 2 aromatic carbocycles. The molecule has 4 nitrogen and oxygen atoms in total. The van der Waals surface area contributed by atoms with Crippen molar-refractivity contribution in [2.75, 3.05) is 0 Å². The summed E-state index contributed by atoms with van der Waals surface area (Å²) in [5.41, 5.74) is 1.28. The summed E-state index contributed by atoms with van der Waals surface area (Å²) in [6, 6.07) is 17.4. The van der Waals surface area contributed by atoms with Gasteiger partial charge in [-0.1, -0.05) is 30.3 Å². The molecule has 0 radical (unpaired) electrons. The number of nitrogens with one attached hydrogen (secondary N) is 1. The number of aryl methyl sites for hydroxylation is 1. The van der Waals surface area contributed by atoms with Crippen LogP contribution in [-0.4, -0.2) is 10.9 Å². The molecule has 124 valence electrons. The first kappa shape index (κ1) is 15.4. The Morgan fingerprint density at radius 3 is 2.68 bits per heavy atom. The minimum atomic E-state index is -0.216. The average Bonchev–Trinajstić information content (AvgIpc) is 3.07. The third kappa shape index (κ3) is 2.76. The maximum absolute atomic E-state index is 12.9. The molecule has 0 bridgehead atoms. The van der Waals surface area contributed by atoms with Crippen LogP contribution in [0.1, 0.15) is 34.8 Å². The number of pyridine rings is 1. The molecule has 0 spiro atoms. The monoisotopic (exact) mass is 330 g/mol. The van der Waals surface area contributed by atoms with Crippen molar-refractivity contribution in [3.05, 3.63) is 77.9 Å². The minimum Gasteiger partial charge on any atom is -0.464 e. The van der Waals surface area contributed by atoms with Crippen molar-refractivity contribution in [2.45, 2.75) is 19.9 Å². The fourth-order valence-corrected chi connectivity index (χ4v) is 3.13. The second kappa shape index (κ2) is 6.06. The number of furan rings is 1.